The van der Waals surface area contributed by atoms with Crippen LogP contribution in [-0.2, 0) is 4.74 Å². The molecule has 0 aliphatic rings. The van der Waals surface area contributed by atoms with Gasteiger partial charge in [0.1, 0.15) is 0 Å². The second kappa shape index (κ2) is 6.30. The molecule has 0 fully saturated rings. The van der Waals surface area contributed by atoms with Crippen LogP contribution in [0, 0.1) is 0 Å². The van der Waals surface area contributed by atoms with Gasteiger partial charge in [-0.05, 0) is 19.4 Å². The molecule has 5 heteroatoms. The van der Waals surface area contributed by atoms with Crippen molar-refractivity contribution >= 4 is 11.9 Å². The molecule has 5 nitrogen and oxygen atoms in total. The summed E-state index contributed by atoms with van der Waals surface area (Å²) in [5, 5.41) is 8.81. The van der Waals surface area contributed by atoms with Crippen LogP contribution in [-0.4, -0.2) is 37.4 Å². The molecule has 17 heavy (non-hydrogen) atoms. The quantitative estimate of drug-likeness (QED) is 0.793. The Labute approximate surface area is 101 Å². The molecule has 0 aliphatic carbocycles. The minimum atomic E-state index is -1.05. The van der Waals surface area contributed by atoms with Gasteiger partial charge in [-0.3, -0.25) is 0 Å². The lowest BCUT2D eigenvalue weighted by Crippen LogP contribution is -2.35. The Morgan fingerprint density at radius 2 is 2.29 bits per heavy atom. The van der Waals surface area contributed by atoms with Crippen LogP contribution in [0.2, 0.25) is 0 Å². The fraction of sp³-hybridized carbons (Fsp3) is 0.583. The summed E-state index contributed by atoms with van der Waals surface area (Å²) in [6.07, 6.45) is 0.951. The molecule has 1 atom stereocenters. The summed E-state index contributed by atoms with van der Waals surface area (Å²) in [5.41, 5.74) is 0. The maximum Gasteiger partial charge on any atom is 0.371 e. The van der Waals surface area contributed by atoms with E-state index in [9.17, 15) is 4.79 Å². The summed E-state index contributed by atoms with van der Waals surface area (Å²) in [4.78, 5) is 12.8. The van der Waals surface area contributed by atoms with Gasteiger partial charge < -0.3 is 19.2 Å². The predicted molar refractivity (Wildman–Crippen MR) is 64.6 cm³/mol. The van der Waals surface area contributed by atoms with Gasteiger partial charge in [-0.1, -0.05) is 6.92 Å². The Bertz CT molecular complexity index is 361. The fourth-order valence-electron chi connectivity index (χ4n) is 1.55. The van der Waals surface area contributed by atoms with Crippen LogP contribution in [0.5, 0.6) is 0 Å². The van der Waals surface area contributed by atoms with Crippen LogP contribution in [0.4, 0.5) is 5.88 Å². The van der Waals surface area contributed by atoms with Gasteiger partial charge in [0.2, 0.25) is 5.76 Å². The molecule has 1 aromatic rings. The van der Waals surface area contributed by atoms with E-state index >= 15 is 0 Å². The van der Waals surface area contributed by atoms with Crippen LogP contribution >= 0.6 is 0 Å². The number of aromatic carboxylic acids is 1. The van der Waals surface area contributed by atoms with Crippen LogP contribution in [0.1, 0.15) is 30.8 Å². The zero-order valence-electron chi connectivity index (χ0n) is 10.5. The molecule has 0 bridgehead atoms. The molecule has 0 amide bonds. The molecule has 0 radical (unpaired) electrons. The summed E-state index contributed by atoms with van der Waals surface area (Å²) < 4.78 is 10.3. The van der Waals surface area contributed by atoms with E-state index in [4.69, 9.17) is 14.3 Å². The number of methoxy groups -OCH3 is 1. The smallest absolute Gasteiger partial charge is 0.371 e. The monoisotopic (exact) mass is 241 g/mol. The third kappa shape index (κ3) is 3.49. The van der Waals surface area contributed by atoms with Crippen molar-refractivity contribution in [2.24, 2.45) is 0 Å². The van der Waals surface area contributed by atoms with Gasteiger partial charge >= 0.3 is 5.97 Å². The SMILES string of the molecule is CCC(C)N(CCOC)c1ccc(C(=O)O)o1. The van der Waals surface area contributed by atoms with Gasteiger partial charge in [0.15, 0.2) is 5.88 Å². The van der Waals surface area contributed by atoms with Gasteiger partial charge in [-0.25, -0.2) is 4.79 Å². The molecule has 0 aliphatic heterocycles. The van der Waals surface area contributed by atoms with Crippen molar-refractivity contribution in [1.82, 2.24) is 0 Å². The summed E-state index contributed by atoms with van der Waals surface area (Å²) in [6, 6.07) is 3.43. The lowest BCUT2D eigenvalue weighted by atomic mass is 10.2. The van der Waals surface area contributed by atoms with Crippen molar-refractivity contribution in [2.75, 3.05) is 25.2 Å². The number of carboxylic acids is 1. The number of carboxylic acid groups (broad SMARTS) is 1. The van der Waals surface area contributed by atoms with E-state index in [-0.39, 0.29) is 11.8 Å². The molecule has 1 aromatic heterocycles. The van der Waals surface area contributed by atoms with E-state index in [2.05, 4.69) is 13.8 Å². The Morgan fingerprint density at radius 3 is 2.76 bits per heavy atom. The molecule has 0 saturated carbocycles. The van der Waals surface area contributed by atoms with Gasteiger partial charge in [0.05, 0.1) is 6.61 Å². The second-order valence-corrected chi connectivity index (χ2v) is 3.89. The first-order valence-corrected chi connectivity index (χ1v) is 5.68. The van der Waals surface area contributed by atoms with E-state index in [1.165, 1.54) is 6.07 Å². The van der Waals surface area contributed by atoms with E-state index < -0.39 is 5.97 Å². The first kappa shape index (κ1) is 13.6. The highest BCUT2D eigenvalue weighted by Crippen LogP contribution is 2.21. The van der Waals surface area contributed by atoms with Crippen LogP contribution < -0.4 is 4.90 Å². The second-order valence-electron chi connectivity index (χ2n) is 3.89. The number of furan rings is 1. The third-order valence-corrected chi connectivity index (χ3v) is 2.74. The summed E-state index contributed by atoms with van der Waals surface area (Å²) in [5.74, 6) is -0.508. The van der Waals surface area contributed by atoms with Crippen molar-refractivity contribution in [1.29, 1.82) is 0 Å². The van der Waals surface area contributed by atoms with Crippen molar-refractivity contribution in [3.63, 3.8) is 0 Å². The normalized spacial score (nSPS) is 12.4. The van der Waals surface area contributed by atoms with Crippen molar-refractivity contribution in [3.8, 4) is 0 Å². The minimum absolute atomic E-state index is 0.0364. The summed E-state index contributed by atoms with van der Waals surface area (Å²) in [6.45, 7) is 5.40. The van der Waals surface area contributed by atoms with E-state index in [0.717, 1.165) is 6.42 Å². The lowest BCUT2D eigenvalue weighted by Gasteiger charge is -2.27. The highest BCUT2D eigenvalue weighted by Gasteiger charge is 2.18. The van der Waals surface area contributed by atoms with Gasteiger partial charge in [0.25, 0.3) is 0 Å². The molecule has 1 rings (SSSR count). The van der Waals surface area contributed by atoms with E-state index in [1.54, 1.807) is 13.2 Å². The molecule has 96 valence electrons. The first-order valence-electron chi connectivity index (χ1n) is 5.68. The molecule has 0 saturated heterocycles. The Hall–Kier alpha value is -1.49. The standard InChI is InChI=1S/C12H19NO4/c1-4-9(2)13(7-8-16-3)11-6-5-10(17-11)12(14)15/h5-6,9H,4,7-8H2,1-3H3,(H,14,15). The molecule has 1 N–H and O–H groups in total. The summed E-state index contributed by atoms with van der Waals surface area (Å²) in [7, 11) is 1.64. The fourth-order valence-corrected chi connectivity index (χ4v) is 1.55. The Morgan fingerprint density at radius 1 is 1.59 bits per heavy atom. The maximum absolute atomic E-state index is 10.8. The van der Waals surface area contributed by atoms with Crippen molar-refractivity contribution < 1.29 is 19.1 Å². The first-order chi connectivity index (χ1) is 8.10. The van der Waals surface area contributed by atoms with Crippen LogP contribution in [0.25, 0.3) is 0 Å². The molecule has 1 heterocycles. The predicted octanol–water partition coefficient (Wildman–Crippen LogP) is 2.23. The number of carbonyl (C=O) groups is 1. The largest absolute Gasteiger partial charge is 0.475 e. The molecule has 0 spiro atoms. The Balaban J connectivity index is 2.83. The van der Waals surface area contributed by atoms with Crippen molar-refractivity contribution in [3.05, 3.63) is 17.9 Å². The number of anilines is 1. The maximum atomic E-state index is 10.8. The summed E-state index contributed by atoms with van der Waals surface area (Å²) >= 11 is 0. The van der Waals surface area contributed by atoms with Gasteiger partial charge in [-0.15, -0.1) is 0 Å². The highest BCUT2D eigenvalue weighted by atomic mass is 16.5. The molecule has 0 aromatic carbocycles. The average molecular weight is 241 g/mol. The number of hydrogen-bond acceptors (Lipinski definition) is 4. The van der Waals surface area contributed by atoms with Crippen molar-refractivity contribution in [2.45, 2.75) is 26.3 Å². The minimum Gasteiger partial charge on any atom is -0.475 e. The topological polar surface area (TPSA) is 62.9 Å². The number of hydrogen-bond donors (Lipinski definition) is 1. The molecular weight excluding hydrogens is 222 g/mol. The number of rotatable bonds is 7. The highest BCUT2D eigenvalue weighted by molar-refractivity contribution is 5.84. The van der Waals surface area contributed by atoms with Gasteiger partial charge in [-0.2, -0.15) is 0 Å². The van der Waals surface area contributed by atoms with Crippen LogP contribution in [0.3, 0.4) is 0 Å². The van der Waals surface area contributed by atoms with Crippen LogP contribution in [0.15, 0.2) is 16.5 Å². The molecule has 1 unspecified atom stereocenters. The zero-order valence-corrected chi connectivity index (χ0v) is 10.5. The third-order valence-electron chi connectivity index (χ3n) is 2.74. The number of ether oxygens (including phenoxy) is 1. The lowest BCUT2D eigenvalue weighted by molar-refractivity contribution is 0.0663. The zero-order chi connectivity index (χ0) is 12.8. The molecular formula is C12H19NO4. The average Bonchev–Trinajstić information content (AvgIpc) is 2.78. The van der Waals surface area contributed by atoms with E-state index in [1.807, 2.05) is 4.90 Å². The van der Waals surface area contributed by atoms with E-state index in [0.29, 0.717) is 19.0 Å². The van der Waals surface area contributed by atoms with Gasteiger partial charge in [0, 0.05) is 25.8 Å². The Kier molecular flexibility index (Phi) is 5.03. The number of nitrogens with zero attached hydrogens (tertiary/aromatic N) is 1.